The molecule has 0 aliphatic carbocycles. The van der Waals surface area contributed by atoms with Crippen LogP contribution in [-0.2, 0) is 5.75 Å². The Morgan fingerprint density at radius 1 is 1.26 bits per heavy atom. The van der Waals surface area contributed by atoms with Crippen LogP contribution in [0.2, 0.25) is 5.15 Å². The first kappa shape index (κ1) is 12.9. The summed E-state index contributed by atoms with van der Waals surface area (Å²) in [6.45, 7) is 2.01. The molecule has 3 rings (SSSR count). The molecular formula is C14H11ClN2S2. The highest BCUT2D eigenvalue weighted by molar-refractivity contribution is 8.00. The summed E-state index contributed by atoms with van der Waals surface area (Å²) in [4.78, 5) is 8.86. The molecule has 0 N–H and O–H groups in total. The molecule has 0 bridgehead atoms. The van der Waals surface area contributed by atoms with Crippen LogP contribution in [0.15, 0.2) is 40.1 Å². The molecule has 0 amide bonds. The SMILES string of the molecule is Cc1csc(SCc2cc3ccccc3nc2Cl)n1. The normalized spacial score (nSPS) is 11.1. The smallest absolute Gasteiger partial charge is 0.150 e. The molecule has 0 aliphatic rings. The van der Waals surface area contributed by atoms with Gasteiger partial charge in [0, 0.05) is 27.8 Å². The fraction of sp³-hybridized carbons (Fsp3) is 0.143. The molecule has 2 nitrogen and oxygen atoms in total. The van der Waals surface area contributed by atoms with E-state index >= 15 is 0 Å². The standard InChI is InChI=1S/C14H11ClN2S2/c1-9-7-18-14(16-9)19-8-11-6-10-4-2-3-5-12(10)17-13(11)15/h2-7H,8H2,1H3. The zero-order valence-electron chi connectivity index (χ0n) is 10.3. The Kier molecular flexibility index (Phi) is 3.73. The first-order chi connectivity index (χ1) is 9.22. The maximum Gasteiger partial charge on any atom is 0.150 e. The van der Waals surface area contributed by atoms with Gasteiger partial charge in [-0.3, -0.25) is 0 Å². The van der Waals surface area contributed by atoms with E-state index < -0.39 is 0 Å². The molecule has 0 radical (unpaired) electrons. The van der Waals surface area contributed by atoms with Gasteiger partial charge in [0.2, 0.25) is 0 Å². The van der Waals surface area contributed by atoms with Crippen LogP contribution < -0.4 is 0 Å². The van der Waals surface area contributed by atoms with Crippen molar-refractivity contribution in [1.29, 1.82) is 0 Å². The number of para-hydroxylation sites is 1. The number of fused-ring (bicyclic) bond motifs is 1. The first-order valence-electron chi connectivity index (χ1n) is 5.81. The van der Waals surface area contributed by atoms with Crippen molar-refractivity contribution in [2.45, 2.75) is 17.0 Å². The van der Waals surface area contributed by atoms with Gasteiger partial charge in [-0.15, -0.1) is 11.3 Å². The van der Waals surface area contributed by atoms with Gasteiger partial charge in [0.25, 0.3) is 0 Å². The van der Waals surface area contributed by atoms with Gasteiger partial charge in [-0.25, -0.2) is 9.97 Å². The maximum atomic E-state index is 6.23. The van der Waals surface area contributed by atoms with Gasteiger partial charge in [-0.1, -0.05) is 41.6 Å². The van der Waals surface area contributed by atoms with Crippen LogP contribution in [0.3, 0.4) is 0 Å². The van der Waals surface area contributed by atoms with E-state index in [1.165, 1.54) is 0 Å². The van der Waals surface area contributed by atoms with Crippen molar-refractivity contribution in [1.82, 2.24) is 9.97 Å². The number of rotatable bonds is 3. The molecule has 96 valence electrons. The number of aromatic nitrogens is 2. The number of nitrogens with zero attached hydrogens (tertiary/aromatic N) is 2. The molecule has 5 heteroatoms. The van der Waals surface area contributed by atoms with Gasteiger partial charge in [-0.2, -0.15) is 0 Å². The Morgan fingerprint density at radius 2 is 2.11 bits per heavy atom. The van der Waals surface area contributed by atoms with Gasteiger partial charge >= 0.3 is 0 Å². The highest BCUT2D eigenvalue weighted by Gasteiger charge is 2.07. The molecule has 0 saturated carbocycles. The summed E-state index contributed by atoms with van der Waals surface area (Å²) in [6, 6.07) is 10.1. The second kappa shape index (κ2) is 5.49. The lowest BCUT2D eigenvalue weighted by Gasteiger charge is -2.04. The number of thioether (sulfide) groups is 1. The van der Waals surface area contributed by atoms with Crippen LogP contribution in [0, 0.1) is 6.92 Å². The fourth-order valence-corrected chi connectivity index (χ4v) is 3.89. The molecule has 3 aromatic rings. The van der Waals surface area contributed by atoms with Gasteiger partial charge in [0.15, 0.2) is 0 Å². The quantitative estimate of drug-likeness (QED) is 0.506. The Balaban J connectivity index is 1.86. The van der Waals surface area contributed by atoms with Crippen molar-refractivity contribution in [2.75, 3.05) is 0 Å². The second-order valence-corrected chi connectivity index (χ2v) is 6.61. The number of benzene rings is 1. The van der Waals surface area contributed by atoms with E-state index in [9.17, 15) is 0 Å². The number of aryl methyl sites for hydroxylation is 1. The van der Waals surface area contributed by atoms with Crippen molar-refractivity contribution in [2.24, 2.45) is 0 Å². The van der Waals surface area contributed by atoms with Crippen molar-refractivity contribution < 1.29 is 0 Å². The third-order valence-corrected chi connectivity index (χ3v) is 5.21. The average Bonchev–Trinajstić information content (AvgIpc) is 2.82. The Hall–Kier alpha value is -1.10. The predicted octanol–water partition coefficient (Wildman–Crippen LogP) is 4.95. The molecular weight excluding hydrogens is 296 g/mol. The summed E-state index contributed by atoms with van der Waals surface area (Å²) >= 11 is 9.60. The van der Waals surface area contributed by atoms with Crippen molar-refractivity contribution in [3.05, 3.63) is 52.1 Å². The third kappa shape index (κ3) is 2.91. The molecule has 1 aromatic carbocycles. The largest absolute Gasteiger partial charge is 0.236 e. The van der Waals surface area contributed by atoms with Crippen LogP contribution in [0.25, 0.3) is 10.9 Å². The van der Waals surface area contributed by atoms with Gasteiger partial charge < -0.3 is 0 Å². The van der Waals surface area contributed by atoms with Crippen LogP contribution in [0.4, 0.5) is 0 Å². The number of pyridine rings is 1. The lowest BCUT2D eigenvalue weighted by molar-refractivity contribution is 1.16. The molecule has 19 heavy (non-hydrogen) atoms. The van der Waals surface area contributed by atoms with E-state index in [1.54, 1.807) is 23.1 Å². The van der Waals surface area contributed by atoms with Crippen molar-refractivity contribution >= 4 is 45.6 Å². The Morgan fingerprint density at radius 3 is 2.89 bits per heavy atom. The summed E-state index contributed by atoms with van der Waals surface area (Å²) in [5, 5.41) is 3.76. The van der Waals surface area contributed by atoms with Crippen LogP contribution >= 0.6 is 34.7 Å². The van der Waals surface area contributed by atoms with Crippen LogP contribution in [0.5, 0.6) is 0 Å². The first-order valence-corrected chi connectivity index (χ1v) is 8.06. The molecule has 0 spiro atoms. The third-order valence-electron chi connectivity index (χ3n) is 2.70. The highest BCUT2D eigenvalue weighted by Crippen LogP contribution is 2.29. The van der Waals surface area contributed by atoms with E-state index in [2.05, 4.69) is 27.5 Å². The van der Waals surface area contributed by atoms with E-state index in [-0.39, 0.29) is 0 Å². The van der Waals surface area contributed by atoms with Crippen molar-refractivity contribution in [3.63, 3.8) is 0 Å². The number of halogens is 1. The molecule has 0 saturated heterocycles. The molecule has 0 aliphatic heterocycles. The van der Waals surface area contributed by atoms with E-state index in [0.717, 1.165) is 32.3 Å². The molecule has 2 aromatic heterocycles. The lowest BCUT2D eigenvalue weighted by atomic mass is 10.2. The summed E-state index contributed by atoms with van der Waals surface area (Å²) in [7, 11) is 0. The molecule has 0 atom stereocenters. The minimum Gasteiger partial charge on any atom is -0.236 e. The van der Waals surface area contributed by atoms with E-state index in [1.807, 2.05) is 25.1 Å². The summed E-state index contributed by atoms with van der Waals surface area (Å²) in [5.74, 6) is 0.795. The molecule has 0 unspecified atom stereocenters. The van der Waals surface area contributed by atoms with Crippen LogP contribution in [-0.4, -0.2) is 9.97 Å². The minimum absolute atomic E-state index is 0.583. The monoisotopic (exact) mass is 306 g/mol. The minimum atomic E-state index is 0.583. The fourth-order valence-electron chi connectivity index (χ4n) is 1.78. The summed E-state index contributed by atoms with van der Waals surface area (Å²) < 4.78 is 1.07. The number of hydrogen-bond acceptors (Lipinski definition) is 4. The highest BCUT2D eigenvalue weighted by atomic mass is 35.5. The molecule has 2 heterocycles. The zero-order chi connectivity index (χ0) is 13.2. The average molecular weight is 307 g/mol. The van der Waals surface area contributed by atoms with Gasteiger partial charge in [0.05, 0.1) is 5.52 Å². The Labute approximate surface area is 124 Å². The summed E-state index contributed by atoms with van der Waals surface area (Å²) in [6.07, 6.45) is 0. The summed E-state index contributed by atoms with van der Waals surface area (Å²) in [5.41, 5.74) is 3.06. The number of thiazole rings is 1. The van der Waals surface area contributed by atoms with Gasteiger partial charge in [0.1, 0.15) is 9.49 Å². The van der Waals surface area contributed by atoms with Crippen LogP contribution in [0.1, 0.15) is 11.3 Å². The van der Waals surface area contributed by atoms with E-state index in [4.69, 9.17) is 11.6 Å². The lowest BCUT2D eigenvalue weighted by Crippen LogP contribution is -1.88. The second-order valence-electron chi connectivity index (χ2n) is 4.17. The maximum absolute atomic E-state index is 6.23. The Bertz CT molecular complexity index is 724. The van der Waals surface area contributed by atoms with Crippen molar-refractivity contribution in [3.8, 4) is 0 Å². The molecule has 0 fully saturated rings. The zero-order valence-corrected chi connectivity index (χ0v) is 12.6. The van der Waals surface area contributed by atoms with Gasteiger partial charge in [-0.05, 0) is 19.1 Å². The topological polar surface area (TPSA) is 25.8 Å². The van der Waals surface area contributed by atoms with E-state index in [0.29, 0.717) is 5.15 Å². The predicted molar refractivity (Wildman–Crippen MR) is 83.2 cm³/mol. The number of hydrogen-bond donors (Lipinski definition) is 0.